The molecular weight excluding hydrogens is 192 g/mol. The largest absolute Gasteiger partial charge is 0.396 e. The van der Waals surface area contributed by atoms with Crippen LogP contribution in [0, 0.1) is 11.8 Å². The molecule has 1 atom stereocenters. The quantitative estimate of drug-likeness (QED) is 0.788. The molecule has 0 aliphatic heterocycles. The lowest BCUT2D eigenvalue weighted by atomic mass is 9.89. The average Bonchev–Trinajstić information content (AvgIpc) is 2.85. The SMILES string of the molecule is Cn1nnc(CC(CO)C2CCCC2)n1. The van der Waals surface area contributed by atoms with Crippen LogP contribution in [0.25, 0.3) is 0 Å². The van der Waals surface area contributed by atoms with Gasteiger partial charge in [-0.05, 0) is 17.0 Å². The van der Waals surface area contributed by atoms with Crippen LogP contribution >= 0.6 is 0 Å². The summed E-state index contributed by atoms with van der Waals surface area (Å²) in [6.45, 7) is 0.239. The van der Waals surface area contributed by atoms with Gasteiger partial charge in [-0.1, -0.05) is 25.7 Å². The lowest BCUT2D eigenvalue weighted by Gasteiger charge is -2.19. The molecule has 5 heteroatoms. The molecule has 1 heterocycles. The molecule has 0 aromatic carbocycles. The molecule has 1 aromatic heterocycles. The van der Waals surface area contributed by atoms with Crippen LogP contribution in [0.3, 0.4) is 0 Å². The first-order valence-corrected chi connectivity index (χ1v) is 5.63. The minimum absolute atomic E-state index is 0.239. The topological polar surface area (TPSA) is 63.8 Å². The number of hydrogen-bond acceptors (Lipinski definition) is 4. The summed E-state index contributed by atoms with van der Waals surface area (Å²) in [4.78, 5) is 1.47. The van der Waals surface area contributed by atoms with Crippen LogP contribution in [0.2, 0.25) is 0 Å². The molecule has 0 saturated heterocycles. The lowest BCUT2D eigenvalue weighted by Crippen LogP contribution is -2.19. The highest BCUT2D eigenvalue weighted by Crippen LogP contribution is 2.32. The second-order valence-electron chi connectivity index (χ2n) is 4.39. The molecule has 1 aromatic rings. The van der Waals surface area contributed by atoms with E-state index >= 15 is 0 Å². The number of aliphatic hydroxyl groups is 1. The molecule has 1 saturated carbocycles. The zero-order valence-corrected chi connectivity index (χ0v) is 9.13. The first-order valence-electron chi connectivity index (χ1n) is 5.63. The highest BCUT2D eigenvalue weighted by atomic mass is 16.3. The molecule has 0 radical (unpaired) electrons. The van der Waals surface area contributed by atoms with Crippen LogP contribution in [0.5, 0.6) is 0 Å². The summed E-state index contributed by atoms with van der Waals surface area (Å²) in [5.74, 6) is 1.72. The first kappa shape index (κ1) is 10.5. The Morgan fingerprint density at radius 2 is 2.20 bits per heavy atom. The van der Waals surface area contributed by atoms with Crippen molar-refractivity contribution in [3.63, 3.8) is 0 Å². The monoisotopic (exact) mass is 210 g/mol. The molecular formula is C10H18N4O. The maximum absolute atomic E-state index is 9.37. The van der Waals surface area contributed by atoms with Crippen molar-refractivity contribution in [3.05, 3.63) is 5.82 Å². The van der Waals surface area contributed by atoms with Gasteiger partial charge in [0.15, 0.2) is 5.82 Å². The Labute approximate surface area is 89.5 Å². The fourth-order valence-corrected chi connectivity index (χ4v) is 2.45. The van der Waals surface area contributed by atoms with Gasteiger partial charge in [0.05, 0.1) is 7.05 Å². The summed E-state index contributed by atoms with van der Waals surface area (Å²) in [6.07, 6.45) is 5.84. The van der Waals surface area contributed by atoms with E-state index in [0.717, 1.165) is 12.2 Å². The lowest BCUT2D eigenvalue weighted by molar-refractivity contribution is 0.173. The summed E-state index contributed by atoms with van der Waals surface area (Å²) in [7, 11) is 1.76. The van der Waals surface area contributed by atoms with Crippen molar-refractivity contribution in [1.29, 1.82) is 0 Å². The van der Waals surface area contributed by atoms with E-state index in [4.69, 9.17) is 0 Å². The number of aryl methyl sites for hydroxylation is 1. The molecule has 84 valence electrons. The van der Waals surface area contributed by atoms with E-state index < -0.39 is 0 Å². The Hall–Kier alpha value is -0.970. The molecule has 1 N–H and O–H groups in total. The van der Waals surface area contributed by atoms with Crippen molar-refractivity contribution >= 4 is 0 Å². The number of tetrazole rings is 1. The zero-order valence-electron chi connectivity index (χ0n) is 9.13. The van der Waals surface area contributed by atoms with E-state index in [1.54, 1.807) is 7.05 Å². The highest BCUT2D eigenvalue weighted by molar-refractivity contribution is 4.85. The van der Waals surface area contributed by atoms with Crippen LogP contribution < -0.4 is 0 Å². The van der Waals surface area contributed by atoms with Crippen LogP contribution in [0.4, 0.5) is 0 Å². The summed E-state index contributed by atoms with van der Waals surface area (Å²) in [6, 6.07) is 0. The minimum Gasteiger partial charge on any atom is -0.396 e. The molecule has 2 rings (SSSR count). The van der Waals surface area contributed by atoms with Crippen LogP contribution in [0.15, 0.2) is 0 Å². The van der Waals surface area contributed by atoms with Crippen LogP contribution in [-0.4, -0.2) is 31.9 Å². The Kier molecular flexibility index (Phi) is 3.30. The van der Waals surface area contributed by atoms with Gasteiger partial charge in [-0.15, -0.1) is 10.2 Å². The Balaban J connectivity index is 1.95. The normalized spacial score (nSPS) is 19.6. The zero-order chi connectivity index (χ0) is 10.7. The average molecular weight is 210 g/mol. The second-order valence-corrected chi connectivity index (χ2v) is 4.39. The van der Waals surface area contributed by atoms with Crippen molar-refractivity contribution in [1.82, 2.24) is 20.2 Å². The number of nitrogens with zero attached hydrogens (tertiary/aromatic N) is 4. The third kappa shape index (κ3) is 2.53. The van der Waals surface area contributed by atoms with E-state index in [9.17, 15) is 5.11 Å². The van der Waals surface area contributed by atoms with E-state index in [2.05, 4.69) is 15.4 Å². The fourth-order valence-electron chi connectivity index (χ4n) is 2.45. The summed E-state index contributed by atoms with van der Waals surface area (Å²) in [5.41, 5.74) is 0. The van der Waals surface area contributed by atoms with Crippen molar-refractivity contribution < 1.29 is 5.11 Å². The van der Waals surface area contributed by atoms with Gasteiger partial charge < -0.3 is 5.11 Å². The van der Waals surface area contributed by atoms with Crippen molar-refractivity contribution in [2.75, 3.05) is 6.61 Å². The maximum atomic E-state index is 9.37. The standard InChI is InChI=1S/C10H18N4O/c1-14-12-10(11-13-14)6-9(7-15)8-4-2-3-5-8/h8-9,15H,2-7H2,1H3. The van der Waals surface area contributed by atoms with Crippen molar-refractivity contribution in [3.8, 4) is 0 Å². The van der Waals surface area contributed by atoms with Gasteiger partial charge >= 0.3 is 0 Å². The van der Waals surface area contributed by atoms with E-state index in [1.807, 2.05) is 0 Å². The Bertz CT molecular complexity index is 306. The molecule has 1 aliphatic carbocycles. The van der Waals surface area contributed by atoms with Gasteiger partial charge in [0.2, 0.25) is 0 Å². The fraction of sp³-hybridized carbons (Fsp3) is 0.900. The van der Waals surface area contributed by atoms with Gasteiger partial charge in [0.25, 0.3) is 0 Å². The number of aromatic nitrogens is 4. The molecule has 5 nitrogen and oxygen atoms in total. The van der Waals surface area contributed by atoms with Gasteiger partial charge in [-0.25, -0.2) is 0 Å². The van der Waals surface area contributed by atoms with E-state index in [0.29, 0.717) is 11.8 Å². The molecule has 0 amide bonds. The smallest absolute Gasteiger partial charge is 0.175 e. The van der Waals surface area contributed by atoms with E-state index in [1.165, 1.54) is 30.5 Å². The van der Waals surface area contributed by atoms with Crippen molar-refractivity contribution in [2.24, 2.45) is 18.9 Å². The Morgan fingerprint density at radius 3 is 2.73 bits per heavy atom. The van der Waals surface area contributed by atoms with Gasteiger partial charge in [0.1, 0.15) is 0 Å². The predicted molar refractivity (Wildman–Crippen MR) is 55.0 cm³/mol. The van der Waals surface area contributed by atoms with Gasteiger partial charge in [-0.2, -0.15) is 4.80 Å². The second kappa shape index (κ2) is 4.70. The molecule has 15 heavy (non-hydrogen) atoms. The predicted octanol–water partition coefficient (Wildman–Crippen LogP) is 0.551. The third-order valence-electron chi connectivity index (χ3n) is 3.30. The molecule has 0 spiro atoms. The Morgan fingerprint density at radius 1 is 1.47 bits per heavy atom. The summed E-state index contributed by atoms with van der Waals surface area (Å²) >= 11 is 0. The minimum atomic E-state index is 0.239. The number of aliphatic hydroxyl groups excluding tert-OH is 1. The maximum Gasteiger partial charge on any atom is 0.175 e. The molecule has 1 aliphatic rings. The van der Waals surface area contributed by atoms with Gasteiger partial charge in [-0.3, -0.25) is 0 Å². The van der Waals surface area contributed by atoms with Crippen LogP contribution in [-0.2, 0) is 13.5 Å². The van der Waals surface area contributed by atoms with Gasteiger partial charge in [0, 0.05) is 13.0 Å². The summed E-state index contributed by atoms with van der Waals surface area (Å²) < 4.78 is 0. The molecule has 1 unspecified atom stereocenters. The highest BCUT2D eigenvalue weighted by Gasteiger charge is 2.25. The van der Waals surface area contributed by atoms with Crippen LogP contribution in [0.1, 0.15) is 31.5 Å². The summed E-state index contributed by atoms with van der Waals surface area (Å²) in [5, 5.41) is 21.3. The molecule has 0 bridgehead atoms. The third-order valence-corrected chi connectivity index (χ3v) is 3.30. The van der Waals surface area contributed by atoms with Crippen molar-refractivity contribution in [2.45, 2.75) is 32.1 Å². The molecule has 1 fully saturated rings. The number of hydrogen-bond donors (Lipinski definition) is 1. The number of rotatable bonds is 4. The first-order chi connectivity index (χ1) is 7.29. The van der Waals surface area contributed by atoms with E-state index in [-0.39, 0.29) is 6.61 Å².